The van der Waals surface area contributed by atoms with Crippen molar-refractivity contribution in [2.75, 3.05) is 0 Å². The maximum Gasteiger partial charge on any atom is 0.214 e. The monoisotopic (exact) mass is 231 g/mol. The van der Waals surface area contributed by atoms with Gasteiger partial charge in [0.1, 0.15) is 0 Å². The van der Waals surface area contributed by atoms with E-state index in [0.717, 1.165) is 15.7 Å². The molecule has 0 amide bonds. The molecule has 0 saturated heterocycles. The molecule has 12 heavy (non-hydrogen) atoms. The molecule has 0 atom stereocenters. The molecule has 1 nitrogen and oxygen atoms in total. The van der Waals surface area contributed by atoms with E-state index in [0.29, 0.717) is 0 Å². The minimum absolute atomic E-state index is 0.261. The third-order valence-electron chi connectivity index (χ3n) is 1.76. The quantitative estimate of drug-likeness (QED) is 0.676. The summed E-state index contributed by atoms with van der Waals surface area (Å²) >= 11 is 3.29. The van der Waals surface area contributed by atoms with E-state index in [-0.39, 0.29) is 5.92 Å². The number of rotatable bonds is 1. The van der Waals surface area contributed by atoms with Crippen LogP contribution in [0.2, 0.25) is 0 Å². The van der Waals surface area contributed by atoms with Crippen LogP contribution in [0.5, 0.6) is 0 Å². The molecule has 1 aromatic rings. The first-order valence-corrected chi connectivity index (χ1v) is 4.64. The van der Waals surface area contributed by atoms with Crippen molar-refractivity contribution in [2.45, 2.75) is 26.7 Å². The smallest absolute Gasteiger partial charge is 0.214 e. The van der Waals surface area contributed by atoms with Gasteiger partial charge >= 0.3 is 0 Å². The Labute approximate surface area is 80.1 Å². The van der Waals surface area contributed by atoms with Crippen LogP contribution in [0.3, 0.4) is 0 Å². The molecule has 66 valence electrons. The summed E-state index contributed by atoms with van der Waals surface area (Å²) in [6.07, 6.45) is 0. The van der Waals surface area contributed by atoms with Gasteiger partial charge in [-0.05, 0) is 18.4 Å². The molecule has 1 rings (SSSR count). The van der Waals surface area contributed by atoms with Crippen molar-refractivity contribution in [3.05, 3.63) is 27.7 Å². The third kappa shape index (κ3) is 1.83. The number of hydrogen-bond donors (Lipinski definition) is 0. The number of hydrogen-bond acceptors (Lipinski definition) is 1. The molecule has 3 heteroatoms. The normalized spacial score (nSPS) is 10.8. The molecule has 0 aliphatic heterocycles. The van der Waals surface area contributed by atoms with Crippen molar-refractivity contribution in [2.24, 2.45) is 0 Å². The van der Waals surface area contributed by atoms with Gasteiger partial charge in [0.05, 0.1) is 5.69 Å². The van der Waals surface area contributed by atoms with E-state index in [2.05, 4.69) is 20.9 Å². The van der Waals surface area contributed by atoms with E-state index in [1.807, 2.05) is 20.8 Å². The maximum absolute atomic E-state index is 12.8. The highest BCUT2D eigenvalue weighted by atomic mass is 79.9. The molecule has 0 unspecified atom stereocenters. The van der Waals surface area contributed by atoms with Crippen LogP contribution in [0.4, 0.5) is 4.39 Å². The van der Waals surface area contributed by atoms with Gasteiger partial charge in [-0.2, -0.15) is 4.39 Å². The molecule has 0 fully saturated rings. The number of pyridine rings is 1. The molecule has 0 spiro atoms. The first-order valence-electron chi connectivity index (χ1n) is 3.85. The predicted octanol–water partition coefficient (Wildman–Crippen LogP) is 3.42. The van der Waals surface area contributed by atoms with Crippen LogP contribution in [-0.2, 0) is 0 Å². The summed E-state index contributed by atoms with van der Waals surface area (Å²) in [5.41, 5.74) is 1.84. The van der Waals surface area contributed by atoms with E-state index in [1.165, 1.54) is 6.07 Å². The average Bonchev–Trinajstić information content (AvgIpc) is 1.96. The lowest BCUT2D eigenvalue weighted by Crippen LogP contribution is -1.99. The zero-order valence-corrected chi connectivity index (χ0v) is 8.94. The molecule has 1 aromatic heterocycles. The lowest BCUT2D eigenvalue weighted by Gasteiger charge is -2.09. The molecular weight excluding hydrogens is 221 g/mol. The SMILES string of the molecule is Cc1c(Br)cc(F)nc1C(C)C. The lowest BCUT2D eigenvalue weighted by molar-refractivity contribution is 0.568. The molecule has 0 radical (unpaired) electrons. The van der Waals surface area contributed by atoms with Crippen molar-refractivity contribution >= 4 is 15.9 Å². The summed E-state index contributed by atoms with van der Waals surface area (Å²) in [5.74, 6) is -0.159. The third-order valence-corrected chi connectivity index (χ3v) is 2.59. The first-order chi connectivity index (χ1) is 5.52. The minimum atomic E-state index is -0.420. The molecule has 0 bridgehead atoms. The summed E-state index contributed by atoms with van der Waals surface area (Å²) in [6, 6.07) is 1.39. The number of halogens is 2. The van der Waals surface area contributed by atoms with Gasteiger partial charge < -0.3 is 0 Å². The topological polar surface area (TPSA) is 12.9 Å². The van der Waals surface area contributed by atoms with Gasteiger partial charge in [0, 0.05) is 10.5 Å². The average molecular weight is 232 g/mol. The summed E-state index contributed by atoms with van der Waals surface area (Å²) < 4.78 is 13.6. The van der Waals surface area contributed by atoms with E-state index >= 15 is 0 Å². The van der Waals surface area contributed by atoms with Crippen molar-refractivity contribution in [3.8, 4) is 0 Å². The molecule has 0 saturated carbocycles. The molecule has 0 N–H and O–H groups in total. The van der Waals surface area contributed by atoms with Gasteiger partial charge in [0.2, 0.25) is 5.95 Å². The van der Waals surface area contributed by atoms with Crippen LogP contribution in [0.1, 0.15) is 31.0 Å². The second kappa shape index (κ2) is 3.52. The Balaban J connectivity index is 3.28. The van der Waals surface area contributed by atoms with Crippen molar-refractivity contribution < 1.29 is 4.39 Å². The number of aromatic nitrogens is 1. The van der Waals surface area contributed by atoms with E-state index in [1.54, 1.807) is 0 Å². The van der Waals surface area contributed by atoms with Gasteiger partial charge in [0.15, 0.2) is 0 Å². The second-order valence-corrected chi connectivity index (χ2v) is 3.95. The lowest BCUT2D eigenvalue weighted by atomic mass is 10.1. The van der Waals surface area contributed by atoms with Crippen LogP contribution in [0, 0.1) is 12.9 Å². The Morgan fingerprint density at radius 3 is 2.58 bits per heavy atom. The highest BCUT2D eigenvalue weighted by Crippen LogP contribution is 2.24. The summed E-state index contributed by atoms with van der Waals surface area (Å²) in [5, 5.41) is 0. The highest BCUT2D eigenvalue weighted by Gasteiger charge is 2.09. The Bertz CT molecular complexity index is 297. The zero-order valence-electron chi connectivity index (χ0n) is 7.36. The van der Waals surface area contributed by atoms with Crippen LogP contribution >= 0.6 is 15.9 Å². The Morgan fingerprint density at radius 1 is 1.50 bits per heavy atom. The molecule has 0 aromatic carbocycles. The zero-order chi connectivity index (χ0) is 9.30. The van der Waals surface area contributed by atoms with Gasteiger partial charge in [-0.3, -0.25) is 0 Å². The Hall–Kier alpha value is -0.440. The largest absolute Gasteiger partial charge is 0.224 e. The molecule has 0 aliphatic carbocycles. The molecule has 1 heterocycles. The highest BCUT2D eigenvalue weighted by molar-refractivity contribution is 9.10. The van der Waals surface area contributed by atoms with Gasteiger partial charge in [-0.25, -0.2) is 4.98 Å². The Kier molecular flexibility index (Phi) is 2.83. The van der Waals surface area contributed by atoms with Crippen molar-refractivity contribution in [3.63, 3.8) is 0 Å². The summed E-state index contributed by atoms with van der Waals surface area (Å²) in [7, 11) is 0. The fourth-order valence-corrected chi connectivity index (χ4v) is 1.52. The van der Waals surface area contributed by atoms with Gasteiger partial charge in [-0.1, -0.05) is 29.8 Å². The van der Waals surface area contributed by atoms with Crippen LogP contribution in [-0.4, -0.2) is 4.98 Å². The minimum Gasteiger partial charge on any atom is -0.224 e. The van der Waals surface area contributed by atoms with Gasteiger partial charge in [0.25, 0.3) is 0 Å². The Morgan fingerprint density at radius 2 is 2.08 bits per heavy atom. The first kappa shape index (κ1) is 9.65. The standard InChI is InChI=1S/C9H11BrFN/c1-5(2)9-6(3)7(10)4-8(11)12-9/h4-5H,1-3H3. The summed E-state index contributed by atoms with van der Waals surface area (Å²) in [4.78, 5) is 3.84. The van der Waals surface area contributed by atoms with Crippen LogP contribution < -0.4 is 0 Å². The van der Waals surface area contributed by atoms with E-state index in [4.69, 9.17) is 0 Å². The summed E-state index contributed by atoms with van der Waals surface area (Å²) in [6.45, 7) is 5.94. The molecular formula is C9H11BrFN. The van der Waals surface area contributed by atoms with Crippen LogP contribution in [0.25, 0.3) is 0 Å². The maximum atomic E-state index is 12.8. The predicted molar refractivity (Wildman–Crippen MR) is 50.7 cm³/mol. The second-order valence-electron chi connectivity index (χ2n) is 3.09. The molecule has 0 aliphatic rings. The van der Waals surface area contributed by atoms with E-state index in [9.17, 15) is 4.39 Å². The fraction of sp³-hybridized carbons (Fsp3) is 0.444. The van der Waals surface area contributed by atoms with E-state index < -0.39 is 5.95 Å². The van der Waals surface area contributed by atoms with Gasteiger partial charge in [-0.15, -0.1) is 0 Å². The van der Waals surface area contributed by atoms with Crippen LogP contribution in [0.15, 0.2) is 10.5 Å². The fourth-order valence-electron chi connectivity index (χ4n) is 1.13. The van der Waals surface area contributed by atoms with Crippen molar-refractivity contribution in [1.82, 2.24) is 4.98 Å². The van der Waals surface area contributed by atoms with Crippen molar-refractivity contribution in [1.29, 1.82) is 0 Å². The number of nitrogens with zero attached hydrogens (tertiary/aromatic N) is 1.